The monoisotopic (exact) mass is 424 g/mol. The highest BCUT2D eigenvalue weighted by Gasteiger charge is 2.30. The molecule has 1 amide bonds. The molecule has 0 saturated carbocycles. The maximum Gasteiger partial charge on any atom is 0.268 e. The zero-order valence-electron chi connectivity index (χ0n) is 18.7. The van der Waals surface area contributed by atoms with Gasteiger partial charge in [0.05, 0.1) is 17.8 Å². The number of nitrogens with zero attached hydrogens (tertiary/aromatic N) is 6. The van der Waals surface area contributed by atoms with Gasteiger partial charge in [-0.1, -0.05) is 12.1 Å². The van der Waals surface area contributed by atoms with Crippen molar-refractivity contribution >= 4 is 17.3 Å². The Morgan fingerprint density at radius 3 is 2.42 bits per heavy atom. The third-order valence-corrected chi connectivity index (χ3v) is 6.46. The van der Waals surface area contributed by atoms with Gasteiger partial charge in [-0.25, -0.2) is 4.68 Å². The average Bonchev–Trinajstić information content (AvgIpc) is 3.26. The van der Waals surface area contributed by atoms with E-state index in [0.29, 0.717) is 13.1 Å². The Labute approximate surface area is 183 Å². The molecule has 31 heavy (non-hydrogen) atoms. The Morgan fingerprint density at radius 1 is 1.03 bits per heavy atom. The SMILES string of the molecule is CN1CCN(c2ccc(CN(C)C(=O)C3CCN(c4cnn(C)c(=O)c4)C3)cc2)CC1. The summed E-state index contributed by atoms with van der Waals surface area (Å²) in [4.78, 5) is 33.5. The van der Waals surface area contributed by atoms with Crippen molar-refractivity contribution in [1.82, 2.24) is 19.6 Å². The van der Waals surface area contributed by atoms with Crippen molar-refractivity contribution in [2.45, 2.75) is 13.0 Å². The van der Waals surface area contributed by atoms with Crippen LogP contribution >= 0.6 is 0 Å². The van der Waals surface area contributed by atoms with E-state index in [9.17, 15) is 9.59 Å². The summed E-state index contributed by atoms with van der Waals surface area (Å²) in [6.45, 7) is 6.27. The van der Waals surface area contributed by atoms with Gasteiger partial charge in [-0.2, -0.15) is 5.10 Å². The number of aryl methyl sites for hydroxylation is 1. The lowest BCUT2D eigenvalue weighted by atomic mass is 10.1. The van der Waals surface area contributed by atoms with E-state index in [1.54, 1.807) is 19.3 Å². The molecule has 2 saturated heterocycles. The normalized spacial score (nSPS) is 19.6. The first-order chi connectivity index (χ1) is 14.9. The summed E-state index contributed by atoms with van der Waals surface area (Å²) in [6, 6.07) is 10.2. The van der Waals surface area contributed by atoms with Gasteiger partial charge in [0.25, 0.3) is 5.56 Å². The van der Waals surface area contributed by atoms with Crippen LogP contribution in [0.15, 0.2) is 41.3 Å². The molecule has 8 nitrogen and oxygen atoms in total. The van der Waals surface area contributed by atoms with Gasteiger partial charge < -0.3 is 19.6 Å². The van der Waals surface area contributed by atoms with Crippen molar-refractivity contribution in [3.8, 4) is 0 Å². The van der Waals surface area contributed by atoms with Crippen LogP contribution in [0.1, 0.15) is 12.0 Å². The summed E-state index contributed by atoms with van der Waals surface area (Å²) < 4.78 is 1.31. The van der Waals surface area contributed by atoms with Gasteiger partial charge in [-0.05, 0) is 31.2 Å². The molecular weight excluding hydrogens is 392 g/mol. The summed E-state index contributed by atoms with van der Waals surface area (Å²) >= 11 is 0. The molecule has 2 aliphatic heterocycles. The molecule has 0 aliphatic carbocycles. The molecule has 4 rings (SSSR count). The number of benzene rings is 1. The largest absolute Gasteiger partial charge is 0.369 e. The van der Waals surface area contributed by atoms with Crippen molar-refractivity contribution in [3.05, 3.63) is 52.4 Å². The van der Waals surface area contributed by atoms with E-state index < -0.39 is 0 Å². The van der Waals surface area contributed by atoms with E-state index >= 15 is 0 Å². The number of rotatable bonds is 5. The molecule has 166 valence electrons. The summed E-state index contributed by atoms with van der Waals surface area (Å²) in [5.41, 5.74) is 3.05. The van der Waals surface area contributed by atoms with Crippen molar-refractivity contribution in [2.24, 2.45) is 13.0 Å². The molecule has 1 aromatic carbocycles. The fourth-order valence-electron chi connectivity index (χ4n) is 4.37. The molecule has 1 unspecified atom stereocenters. The minimum Gasteiger partial charge on any atom is -0.369 e. The van der Waals surface area contributed by atoms with Gasteiger partial charge in [-0.15, -0.1) is 0 Å². The zero-order valence-corrected chi connectivity index (χ0v) is 18.7. The van der Waals surface area contributed by atoms with Gasteiger partial charge in [0, 0.05) is 71.7 Å². The molecule has 8 heteroatoms. The lowest BCUT2D eigenvalue weighted by Gasteiger charge is -2.34. The molecule has 3 heterocycles. The van der Waals surface area contributed by atoms with E-state index in [1.165, 1.54) is 10.4 Å². The Morgan fingerprint density at radius 2 is 1.74 bits per heavy atom. The summed E-state index contributed by atoms with van der Waals surface area (Å²) in [6.07, 6.45) is 2.49. The fraction of sp³-hybridized carbons (Fsp3) is 0.522. The van der Waals surface area contributed by atoms with Crippen molar-refractivity contribution < 1.29 is 4.79 Å². The lowest BCUT2D eigenvalue weighted by Crippen LogP contribution is -2.44. The molecule has 0 spiro atoms. The van der Waals surface area contributed by atoms with Crippen LogP contribution in [0.25, 0.3) is 0 Å². The molecule has 1 atom stereocenters. The predicted molar refractivity (Wildman–Crippen MR) is 122 cm³/mol. The third-order valence-electron chi connectivity index (χ3n) is 6.46. The van der Waals surface area contributed by atoms with Crippen LogP contribution in [-0.2, 0) is 18.4 Å². The standard InChI is InChI=1S/C23H32N6O2/c1-25-10-12-28(13-11-25)20-6-4-18(5-7-20)16-26(2)23(31)19-8-9-29(17-19)21-14-22(30)27(3)24-15-21/h4-7,14-15,19H,8-13,16-17H2,1-3H3. The van der Waals surface area contributed by atoms with E-state index in [4.69, 9.17) is 0 Å². The van der Waals surface area contributed by atoms with Gasteiger partial charge in [0.1, 0.15) is 0 Å². The van der Waals surface area contributed by atoms with E-state index in [1.807, 2.05) is 11.9 Å². The highest BCUT2D eigenvalue weighted by Crippen LogP contribution is 2.24. The second-order valence-electron chi connectivity index (χ2n) is 8.76. The van der Waals surface area contributed by atoms with Gasteiger partial charge in [-0.3, -0.25) is 9.59 Å². The molecule has 2 fully saturated rings. The number of anilines is 2. The minimum absolute atomic E-state index is 0.0568. The van der Waals surface area contributed by atoms with Crippen LogP contribution in [0, 0.1) is 5.92 Å². The molecule has 1 aromatic heterocycles. The lowest BCUT2D eigenvalue weighted by molar-refractivity contribution is -0.134. The van der Waals surface area contributed by atoms with Crippen LogP contribution in [0.2, 0.25) is 0 Å². The minimum atomic E-state index is -0.135. The second kappa shape index (κ2) is 9.09. The summed E-state index contributed by atoms with van der Waals surface area (Å²) in [5, 5.41) is 4.09. The van der Waals surface area contributed by atoms with Crippen LogP contribution in [0.4, 0.5) is 11.4 Å². The van der Waals surface area contributed by atoms with Crippen LogP contribution in [0.3, 0.4) is 0 Å². The topological polar surface area (TPSA) is 64.9 Å². The Kier molecular flexibility index (Phi) is 6.27. The van der Waals surface area contributed by atoms with Crippen molar-refractivity contribution in [3.63, 3.8) is 0 Å². The number of hydrogen-bond donors (Lipinski definition) is 0. The van der Waals surface area contributed by atoms with Crippen molar-refractivity contribution in [1.29, 1.82) is 0 Å². The number of carbonyl (C=O) groups excluding carboxylic acids is 1. The zero-order chi connectivity index (χ0) is 22.0. The molecule has 0 N–H and O–H groups in total. The van der Waals surface area contributed by atoms with Crippen molar-refractivity contribution in [2.75, 3.05) is 63.2 Å². The van der Waals surface area contributed by atoms with Gasteiger partial charge >= 0.3 is 0 Å². The first-order valence-corrected chi connectivity index (χ1v) is 11.0. The molecule has 0 radical (unpaired) electrons. The molecule has 0 bridgehead atoms. The Hall–Kier alpha value is -2.87. The molecule has 2 aromatic rings. The number of hydrogen-bond acceptors (Lipinski definition) is 6. The third kappa shape index (κ3) is 4.90. The van der Waals surface area contributed by atoms with Crippen LogP contribution < -0.4 is 15.4 Å². The molecular formula is C23H32N6O2. The quantitative estimate of drug-likeness (QED) is 0.714. The number of aromatic nitrogens is 2. The second-order valence-corrected chi connectivity index (χ2v) is 8.76. The highest BCUT2D eigenvalue weighted by molar-refractivity contribution is 5.80. The fourth-order valence-corrected chi connectivity index (χ4v) is 4.37. The van der Waals surface area contributed by atoms with Crippen LogP contribution in [-0.4, -0.2) is 78.9 Å². The Balaban J connectivity index is 1.32. The number of amides is 1. The maximum absolute atomic E-state index is 13.0. The Bertz CT molecular complexity index is 965. The smallest absolute Gasteiger partial charge is 0.268 e. The first kappa shape index (κ1) is 21.4. The average molecular weight is 425 g/mol. The highest BCUT2D eigenvalue weighted by atomic mass is 16.2. The first-order valence-electron chi connectivity index (χ1n) is 11.0. The van der Waals surface area contributed by atoms with E-state index in [2.05, 4.69) is 51.1 Å². The van der Waals surface area contributed by atoms with E-state index in [-0.39, 0.29) is 17.4 Å². The van der Waals surface area contributed by atoms with Crippen LogP contribution in [0.5, 0.6) is 0 Å². The maximum atomic E-state index is 13.0. The van der Waals surface area contributed by atoms with Gasteiger partial charge in [0.2, 0.25) is 5.91 Å². The predicted octanol–water partition coefficient (Wildman–Crippen LogP) is 1.02. The number of piperazine rings is 1. The van der Waals surface area contributed by atoms with Gasteiger partial charge in [0.15, 0.2) is 0 Å². The summed E-state index contributed by atoms with van der Waals surface area (Å²) in [7, 11) is 5.67. The molecule has 2 aliphatic rings. The number of likely N-dealkylation sites (N-methyl/N-ethyl adjacent to an activating group) is 1. The number of carbonyl (C=O) groups is 1. The van der Waals surface area contributed by atoms with E-state index in [0.717, 1.165) is 50.4 Å². The summed E-state index contributed by atoms with van der Waals surface area (Å²) in [5.74, 6) is 0.0982.